The Labute approximate surface area is 120 Å². The first-order chi connectivity index (χ1) is 8.75. The van der Waals surface area contributed by atoms with Crippen LogP contribution in [0.4, 0.5) is 5.69 Å². The van der Waals surface area contributed by atoms with Crippen LogP contribution in [0.2, 0.25) is 0 Å². The second-order valence-corrected chi connectivity index (χ2v) is 5.11. The van der Waals surface area contributed by atoms with E-state index in [1.54, 1.807) is 0 Å². The minimum absolute atomic E-state index is 0. The van der Waals surface area contributed by atoms with Crippen LogP contribution in [0.15, 0.2) is 30.5 Å². The minimum atomic E-state index is 0. The number of likely N-dealkylation sites (N-methyl/N-ethyl adjacent to an activating group) is 1. The van der Waals surface area contributed by atoms with Crippen LogP contribution in [-0.2, 0) is 0 Å². The van der Waals surface area contributed by atoms with Gasteiger partial charge in [-0.1, -0.05) is 6.07 Å². The summed E-state index contributed by atoms with van der Waals surface area (Å²) >= 11 is 0. The number of pyridine rings is 1. The van der Waals surface area contributed by atoms with Crippen molar-refractivity contribution in [2.45, 2.75) is 19.4 Å². The number of hydrogen-bond acceptors (Lipinski definition) is 3. The second-order valence-electron chi connectivity index (χ2n) is 5.11. The van der Waals surface area contributed by atoms with E-state index < -0.39 is 0 Å². The first kappa shape index (κ1) is 14.1. The van der Waals surface area contributed by atoms with Crippen molar-refractivity contribution in [3.05, 3.63) is 36.0 Å². The Hall–Kier alpha value is -1.32. The molecule has 0 saturated carbocycles. The molecule has 1 aromatic heterocycles. The van der Waals surface area contributed by atoms with Crippen molar-refractivity contribution in [1.29, 1.82) is 0 Å². The van der Waals surface area contributed by atoms with Gasteiger partial charge in [-0.25, -0.2) is 0 Å². The Morgan fingerprint density at radius 1 is 1.37 bits per heavy atom. The van der Waals surface area contributed by atoms with Crippen molar-refractivity contribution >= 4 is 29.0 Å². The van der Waals surface area contributed by atoms with Crippen LogP contribution in [0.5, 0.6) is 0 Å². The average molecular weight is 278 g/mol. The van der Waals surface area contributed by atoms with E-state index in [1.807, 2.05) is 6.20 Å². The smallest absolute Gasteiger partial charge is 0.0723 e. The number of halogens is 1. The van der Waals surface area contributed by atoms with Gasteiger partial charge in [-0.15, -0.1) is 12.4 Å². The van der Waals surface area contributed by atoms with Gasteiger partial charge in [-0.3, -0.25) is 4.98 Å². The molecule has 3 nitrogen and oxygen atoms in total. The maximum atomic E-state index is 4.51. The van der Waals surface area contributed by atoms with Crippen LogP contribution in [0.25, 0.3) is 10.9 Å². The molecule has 2 aromatic rings. The predicted octanol–water partition coefficient (Wildman–Crippen LogP) is 2.76. The van der Waals surface area contributed by atoms with Gasteiger partial charge in [-0.2, -0.15) is 0 Å². The lowest BCUT2D eigenvalue weighted by Gasteiger charge is -2.27. The highest BCUT2D eigenvalue weighted by molar-refractivity contribution is 5.92. The first-order valence-corrected chi connectivity index (χ1v) is 6.54. The summed E-state index contributed by atoms with van der Waals surface area (Å²) in [6.45, 7) is 4.30. The van der Waals surface area contributed by atoms with E-state index >= 15 is 0 Å². The van der Waals surface area contributed by atoms with Gasteiger partial charge in [0.25, 0.3) is 0 Å². The summed E-state index contributed by atoms with van der Waals surface area (Å²) in [5.74, 6) is 0. The lowest BCUT2D eigenvalue weighted by molar-refractivity contribution is 0.687. The number of anilines is 1. The number of aryl methyl sites for hydroxylation is 1. The summed E-state index contributed by atoms with van der Waals surface area (Å²) < 4.78 is 0. The fraction of sp³-hybridized carbons (Fsp3) is 0.400. The topological polar surface area (TPSA) is 28.2 Å². The van der Waals surface area contributed by atoms with E-state index in [9.17, 15) is 0 Å². The normalized spacial score (nSPS) is 18.3. The zero-order chi connectivity index (χ0) is 12.5. The largest absolute Gasteiger partial charge is 0.370 e. The van der Waals surface area contributed by atoms with E-state index in [0.29, 0.717) is 6.04 Å². The molecule has 1 unspecified atom stereocenters. The van der Waals surface area contributed by atoms with E-state index in [1.165, 1.54) is 23.1 Å². The molecule has 1 aliphatic heterocycles. The first-order valence-electron chi connectivity index (χ1n) is 6.54. The summed E-state index contributed by atoms with van der Waals surface area (Å²) in [6, 6.07) is 9.20. The zero-order valence-corrected chi connectivity index (χ0v) is 12.2. The van der Waals surface area contributed by atoms with Crippen molar-refractivity contribution < 1.29 is 0 Å². The predicted molar refractivity (Wildman–Crippen MR) is 83.4 cm³/mol. The van der Waals surface area contributed by atoms with Crippen LogP contribution in [0.1, 0.15) is 12.0 Å². The molecule has 0 aliphatic carbocycles. The SMILES string of the molecule is Cc1cnc2cccc(N(C)C3CCNC3)c2c1.Cl. The third kappa shape index (κ3) is 2.67. The van der Waals surface area contributed by atoms with Gasteiger partial charge in [0.15, 0.2) is 0 Å². The van der Waals surface area contributed by atoms with Crippen LogP contribution in [0.3, 0.4) is 0 Å². The molecule has 0 spiro atoms. The van der Waals surface area contributed by atoms with E-state index in [0.717, 1.165) is 18.6 Å². The van der Waals surface area contributed by atoms with Gasteiger partial charge in [0.2, 0.25) is 0 Å². The average Bonchev–Trinajstić information content (AvgIpc) is 2.91. The molecular formula is C15H20ClN3. The molecule has 1 N–H and O–H groups in total. The lowest BCUT2D eigenvalue weighted by Crippen LogP contribution is -2.33. The number of fused-ring (bicyclic) bond motifs is 1. The number of aromatic nitrogens is 1. The molecule has 1 saturated heterocycles. The Kier molecular flexibility index (Phi) is 4.27. The molecule has 19 heavy (non-hydrogen) atoms. The Balaban J connectivity index is 0.00000133. The van der Waals surface area contributed by atoms with Crippen LogP contribution in [-0.4, -0.2) is 31.2 Å². The lowest BCUT2D eigenvalue weighted by atomic mass is 10.1. The summed E-state index contributed by atoms with van der Waals surface area (Å²) in [6.07, 6.45) is 3.15. The fourth-order valence-corrected chi connectivity index (χ4v) is 2.71. The third-order valence-corrected chi connectivity index (χ3v) is 3.80. The van der Waals surface area contributed by atoms with E-state index in [-0.39, 0.29) is 12.4 Å². The van der Waals surface area contributed by atoms with Gasteiger partial charge in [0.1, 0.15) is 0 Å². The molecule has 102 valence electrons. The van der Waals surface area contributed by atoms with Crippen molar-refractivity contribution in [2.75, 3.05) is 25.0 Å². The fourth-order valence-electron chi connectivity index (χ4n) is 2.71. The number of rotatable bonds is 2. The van der Waals surface area contributed by atoms with Crippen molar-refractivity contribution in [3.63, 3.8) is 0 Å². The van der Waals surface area contributed by atoms with Gasteiger partial charge < -0.3 is 10.2 Å². The number of nitrogens with one attached hydrogen (secondary N) is 1. The zero-order valence-electron chi connectivity index (χ0n) is 11.4. The van der Waals surface area contributed by atoms with Crippen molar-refractivity contribution in [3.8, 4) is 0 Å². The highest BCUT2D eigenvalue weighted by Gasteiger charge is 2.20. The summed E-state index contributed by atoms with van der Waals surface area (Å²) in [5.41, 5.74) is 3.58. The quantitative estimate of drug-likeness (QED) is 0.915. The van der Waals surface area contributed by atoms with Crippen molar-refractivity contribution in [2.24, 2.45) is 0 Å². The summed E-state index contributed by atoms with van der Waals surface area (Å²) in [4.78, 5) is 6.90. The van der Waals surface area contributed by atoms with Gasteiger partial charge >= 0.3 is 0 Å². The third-order valence-electron chi connectivity index (χ3n) is 3.80. The molecule has 1 fully saturated rings. The molecule has 4 heteroatoms. The van der Waals surface area contributed by atoms with Crippen molar-refractivity contribution in [1.82, 2.24) is 10.3 Å². The van der Waals surface area contributed by atoms with Gasteiger partial charge in [0, 0.05) is 36.9 Å². The van der Waals surface area contributed by atoms with Crippen LogP contribution < -0.4 is 10.2 Å². The molecule has 3 rings (SSSR count). The molecule has 2 heterocycles. The summed E-state index contributed by atoms with van der Waals surface area (Å²) in [5, 5.41) is 4.68. The Bertz CT molecular complexity index is 564. The van der Waals surface area contributed by atoms with Crippen LogP contribution >= 0.6 is 12.4 Å². The minimum Gasteiger partial charge on any atom is -0.370 e. The maximum absolute atomic E-state index is 4.51. The molecule has 0 amide bonds. The Morgan fingerprint density at radius 2 is 2.21 bits per heavy atom. The number of nitrogens with zero attached hydrogens (tertiary/aromatic N) is 2. The van der Waals surface area contributed by atoms with E-state index in [4.69, 9.17) is 0 Å². The van der Waals surface area contributed by atoms with Gasteiger partial charge in [0.05, 0.1) is 5.52 Å². The molecule has 1 atom stereocenters. The molecular weight excluding hydrogens is 258 g/mol. The molecule has 0 radical (unpaired) electrons. The number of hydrogen-bond donors (Lipinski definition) is 1. The Morgan fingerprint density at radius 3 is 2.95 bits per heavy atom. The highest BCUT2D eigenvalue weighted by Crippen LogP contribution is 2.27. The molecule has 0 bridgehead atoms. The standard InChI is InChI=1S/C15H19N3.ClH/c1-11-8-13-14(17-9-11)4-3-5-15(13)18(2)12-6-7-16-10-12;/h3-5,8-9,12,16H,6-7,10H2,1-2H3;1H. The summed E-state index contributed by atoms with van der Waals surface area (Å²) in [7, 11) is 2.19. The second kappa shape index (κ2) is 5.76. The van der Waals surface area contributed by atoms with Gasteiger partial charge in [-0.05, 0) is 43.7 Å². The molecule has 1 aromatic carbocycles. The van der Waals surface area contributed by atoms with E-state index in [2.05, 4.69) is 53.4 Å². The number of benzene rings is 1. The maximum Gasteiger partial charge on any atom is 0.0723 e. The van der Waals surface area contributed by atoms with Crippen LogP contribution in [0, 0.1) is 6.92 Å². The highest BCUT2D eigenvalue weighted by atomic mass is 35.5. The molecule has 1 aliphatic rings. The monoisotopic (exact) mass is 277 g/mol.